The van der Waals surface area contributed by atoms with Crippen molar-refractivity contribution in [2.75, 3.05) is 0 Å². The summed E-state index contributed by atoms with van der Waals surface area (Å²) >= 11 is 0. The first-order chi connectivity index (χ1) is 6.50. The minimum Gasteiger partial charge on any atom is -0.328 e. The van der Waals surface area contributed by atoms with Gasteiger partial charge < -0.3 is 5.73 Å². The number of nitro groups is 1. The zero-order valence-electron chi connectivity index (χ0n) is 8.36. The molecule has 1 rings (SSSR count). The largest absolute Gasteiger partial charge is 0.328 e. The molecule has 1 atom stereocenters. The molecule has 4 nitrogen and oxygen atoms in total. The molecule has 2 N–H and O–H groups in total. The molecule has 1 aromatic rings. The molecule has 14 heavy (non-hydrogen) atoms. The number of hydrogen-bond acceptors (Lipinski definition) is 3. The molecule has 0 aliphatic carbocycles. The van der Waals surface area contributed by atoms with E-state index in [0.29, 0.717) is 12.0 Å². The second-order valence-electron chi connectivity index (χ2n) is 3.57. The first-order valence-corrected chi connectivity index (χ1v) is 4.50. The Kier molecular flexibility index (Phi) is 3.19. The van der Waals surface area contributed by atoms with Crippen molar-refractivity contribution in [2.45, 2.75) is 26.3 Å². The van der Waals surface area contributed by atoms with Gasteiger partial charge in [0.2, 0.25) is 0 Å². The number of rotatable bonds is 3. The maximum absolute atomic E-state index is 10.7. The highest BCUT2D eigenvalue weighted by Gasteiger charge is 2.13. The van der Waals surface area contributed by atoms with Crippen LogP contribution in [-0.4, -0.2) is 11.0 Å². The molecule has 1 unspecified atom stereocenters. The molecule has 0 aromatic heterocycles. The average molecular weight is 194 g/mol. The number of nitrogens with two attached hydrogens (primary N) is 1. The van der Waals surface area contributed by atoms with E-state index in [1.807, 2.05) is 19.9 Å². The van der Waals surface area contributed by atoms with Crippen LogP contribution >= 0.6 is 0 Å². The van der Waals surface area contributed by atoms with Gasteiger partial charge in [0.25, 0.3) is 5.69 Å². The lowest BCUT2D eigenvalue weighted by Gasteiger charge is -2.06. The van der Waals surface area contributed by atoms with Crippen LogP contribution in [0.1, 0.15) is 18.1 Å². The summed E-state index contributed by atoms with van der Waals surface area (Å²) in [7, 11) is 0. The Balaban J connectivity index is 3.09. The molecule has 0 heterocycles. The maximum atomic E-state index is 10.7. The smallest absolute Gasteiger partial charge is 0.272 e. The van der Waals surface area contributed by atoms with Gasteiger partial charge in [-0.15, -0.1) is 0 Å². The van der Waals surface area contributed by atoms with E-state index in [2.05, 4.69) is 0 Å². The minimum atomic E-state index is -0.364. The van der Waals surface area contributed by atoms with Crippen LogP contribution in [0.15, 0.2) is 18.2 Å². The van der Waals surface area contributed by atoms with E-state index in [4.69, 9.17) is 5.73 Å². The molecule has 76 valence electrons. The third-order valence-corrected chi connectivity index (χ3v) is 1.97. The van der Waals surface area contributed by atoms with Gasteiger partial charge in [-0.2, -0.15) is 0 Å². The molecule has 0 saturated carbocycles. The summed E-state index contributed by atoms with van der Waals surface area (Å²) in [5.41, 5.74) is 7.51. The molecule has 0 aliphatic rings. The van der Waals surface area contributed by atoms with Crippen molar-refractivity contribution in [1.29, 1.82) is 0 Å². The van der Waals surface area contributed by atoms with E-state index < -0.39 is 0 Å². The minimum absolute atomic E-state index is 0.0597. The molecular formula is C10H14N2O2. The van der Waals surface area contributed by atoms with Crippen molar-refractivity contribution in [2.24, 2.45) is 5.73 Å². The van der Waals surface area contributed by atoms with E-state index in [1.165, 1.54) is 6.07 Å². The lowest BCUT2D eigenvalue weighted by atomic mass is 10.0. The van der Waals surface area contributed by atoms with E-state index in [0.717, 1.165) is 5.56 Å². The van der Waals surface area contributed by atoms with Gasteiger partial charge in [0.15, 0.2) is 0 Å². The van der Waals surface area contributed by atoms with Crippen molar-refractivity contribution in [3.05, 3.63) is 39.4 Å². The Morgan fingerprint density at radius 2 is 2.21 bits per heavy atom. The predicted molar refractivity (Wildman–Crippen MR) is 55.2 cm³/mol. The second kappa shape index (κ2) is 4.19. The average Bonchev–Trinajstić information content (AvgIpc) is 2.01. The van der Waals surface area contributed by atoms with Crippen LogP contribution in [0.3, 0.4) is 0 Å². The SMILES string of the molecule is Cc1ccc([N+](=O)[O-])c(CC(C)N)c1. The van der Waals surface area contributed by atoms with Gasteiger partial charge in [-0.05, 0) is 26.3 Å². The highest BCUT2D eigenvalue weighted by Crippen LogP contribution is 2.20. The lowest BCUT2D eigenvalue weighted by molar-refractivity contribution is -0.385. The zero-order chi connectivity index (χ0) is 10.7. The summed E-state index contributed by atoms with van der Waals surface area (Å²) in [6, 6.07) is 5.03. The number of hydrogen-bond donors (Lipinski definition) is 1. The molecule has 4 heteroatoms. The highest BCUT2D eigenvalue weighted by molar-refractivity contribution is 5.42. The number of aryl methyl sites for hydroxylation is 1. The van der Waals surface area contributed by atoms with Crippen molar-refractivity contribution in [1.82, 2.24) is 0 Å². The Morgan fingerprint density at radius 1 is 1.57 bits per heavy atom. The van der Waals surface area contributed by atoms with Crippen LogP contribution in [0.2, 0.25) is 0 Å². The van der Waals surface area contributed by atoms with Gasteiger partial charge >= 0.3 is 0 Å². The molecule has 0 bridgehead atoms. The van der Waals surface area contributed by atoms with Crippen molar-refractivity contribution in [3.63, 3.8) is 0 Å². The van der Waals surface area contributed by atoms with Crippen LogP contribution in [0.5, 0.6) is 0 Å². The Morgan fingerprint density at radius 3 is 2.71 bits per heavy atom. The summed E-state index contributed by atoms with van der Waals surface area (Å²) in [5, 5.41) is 10.7. The number of benzene rings is 1. The van der Waals surface area contributed by atoms with Crippen LogP contribution in [0.4, 0.5) is 5.69 Å². The molecule has 0 fully saturated rings. The summed E-state index contributed by atoms with van der Waals surface area (Å²) in [4.78, 5) is 10.3. The van der Waals surface area contributed by atoms with Gasteiger partial charge in [0.1, 0.15) is 0 Å². The zero-order valence-corrected chi connectivity index (χ0v) is 8.36. The number of nitrogens with zero attached hydrogens (tertiary/aromatic N) is 1. The predicted octanol–water partition coefficient (Wildman–Crippen LogP) is 1.79. The third-order valence-electron chi connectivity index (χ3n) is 1.97. The van der Waals surface area contributed by atoms with Crippen LogP contribution in [0.25, 0.3) is 0 Å². The maximum Gasteiger partial charge on any atom is 0.272 e. The quantitative estimate of drug-likeness (QED) is 0.589. The molecule has 0 radical (unpaired) electrons. The van der Waals surface area contributed by atoms with Crippen molar-refractivity contribution < 1.29 is 4.92 Å². The highest BCUT2D eigenvalue weighted by atomic mass is 16.6. The molecule has 0 aliphatic heterocycles. The van der Waals surface area contributed by atoms with E-state index in [1.54, 1.807) is 6.07 Å². The van der Waals surface area contributed by atoms with Gasteiger partial charge in [-0.1, -0.05) is 11.6 Å². The molecule has 0 spiro atoms. The topological polar surface area (TPSA) is 69.2 Å². The molecule has 0 saturated heterocycles. The standard InChI is InChI=1S/C10H14N2O2/c1-7-3-4-10(12(13)14)9(5-7)6-8(2)11/h3-5,8H,6,11H2,1-2H3. The van der Waals surface area contributed by atoms with Gasteiger partial charge in [-0.3, -0.25) is 10.1 Å². The fourth-order valence-electron chi connectivity index (χ4n) is 1.40. The first kappa shape index (κ1) is 10.7. The van der Waals surface area contributed by atoms with Crippen molar-refractivity contribution >= 4 is 5.69 Å². The molecular weight excluding hydrogens is 180 g/mol. The molecule has 0 amide bonds. The Hall–Kier alpha value is -1.42. The van der Waals surface area contributed by atoms with Crippen LogP contribution < -0.4 is 5.73 Å². The summed E-state index contributed by atoms with van der Waals surface area (Å²) in [6.07, 6.45) is 0.540. The lowest BCUT2D eigenvalue weighted by Crippen LogP contribution is -2.18. The van der Waals surface area contributed by atoms with E-state index >= 15 is 0 Å². The van der Waals surface area contributed by atoms with E-state index in [9.17, 15) is 10.1 Å². The monoisotopic (exact) mass is 194 g/mol. The Bertz CT molecular complexity index is 348. The second-order valence-corrected chi connectivity index (χ2v) is 3.57. The van der Waals surface area contributed by atoms with E-state index in [-0.39, 0.29) is 16.7 Å². The summed E-state index contributed by atoms with van der Waals surface area (Å²) in [6.45, 7) is 3.75. The summed E-state index contributed by atoms with van der Waals surface area (Å²) < 4.78 is 0. The summed E-state index contributed by atoms with van der Waals surface area (Å²) in [5.74, 6) is 0. The van der Waals surface area contributed by atoms with Crippen LogP contribution in [0, 0.1) is 17.0 Å². The van der Waals surface area contributed by atoms with Crippen molar-refractivity contribution in [3.8, 4) is 0 Å². The third kappa shape index (κ3) is 2.53. The number of nitro benzene ring substituents is 1. The normalized spacial score (nSPS) is 12.5. The fraction of sp³-hybridized carbons (Fsp3) is 0.400. The first-order valence-electron chi connectivity index (χ1n) is 4.50. The Labute approximate surface area is 82.9 Å². The van der Waals surface area contributed by atoms with Gasteiger partial charge in [-0.25, -0.2) is 0 Å². The van der Waals surface area contributed by atoms with Gasteiger partial charge in [0, 0.05) is 17.7 Å². The van der Waals surface area contributed by atoms with Gasteiger partial charge in [0.05, 0.1) is 4.92 Å². The fourth-order valence-corrected chi connectivity index (χ4v) is 1.40. The van der Waals surface area contributed by atoms with Crippen LogP contribution in [-0.2, 0) is 6.42 Å². The molecule has 1 aromatic carbocycles.